The molecule has 1 aliphatic rings. The van der Waals surface area contributed by atoms with Crippen LogP contribution in [0.3, 0.4) is 0 Å². The third-order valence-electron chi connectivity index (χ3n) is 2.13. The monoisotopic (exact) mass is 222 g/mol. The molecule has 82 valence electrons. The molecule has 2 rings (SSSR count). The number of methoxy groups -OCH3 is 1. The van der Waals surface area contributed by atoms with Gasteiger partial charge in [0.2, 0.25) is 0 Å². The van der Waals surface area contributed by atoms with Crippen LogP contribution < -0.4 is 0 Å². The summed E-state index contributed by atoms with van der Waals surface area (Å²) >= 11 is 1.82. The van der Waals surface area contributed by atoms with E-state index < -0.39 is 0 Å². The summed E-state index contributed by atoms with van der Waals surface area (Å²) in [5, 5.41) is 2.11. The van der Waals surface area contributed by atoms with Crippen LogP contribution in [-0.4, -0.2) is 7.11 Å². The lowest BCUT2D eigenvalue weighted by Crippen LogP contribution is -1.85. The van der Waals surface area contributed by atoms with Gasteiger partial charge in [-0.2, -0.15) is 0 Å². The highest BCUT2D eigenvalue weighted by molar-refractivity contribution is 7.09. The minimum atomic E-state index is 0.997. The van der Waals surface area contributed by atoms with Crippen LogP contribution in [0, 0.1) is 0 Å². The summed E-state index contributed by atoms with van der Waals surface area (Å²) in [6.45, 7) is 2.17. The van der Waals surface area contributed by atoms with E-state index in [1.165, 1.54) is 11.3 Å². The van der Waals surface area contributed by atoms with Gasteiger partial charge in [0.15, 0.2) is 0 Å². The Morgan fingerprint density at radius 3 is 2.60 bits per heavy atom. The van der Waals surface area contributed by atoms with Gasteiger partial charge in [-0.15, -0.1) is 11.3 Å². The van der Waals surface area contributed by atoms with Crippen molar-refractivity contribution in [2.24, 2.45) is 0 Å². The summed E-state index contributed by atoms with van der Waals surface area (Å²) < 4.78 is 4.97. The van der Waals surface area contributed by atoms with Crippen LogP contribution in [0.25, 0.3) is 0 Å². The fourth-order valence-electron chi connectivity index (χ4n) is 1.25. The molecule has 0 aliphatic heterocycles. The lowest BCUT2D eigenvalue weighted by atomic mass is 10.2. The number of aryl methyl sites for hydroxylation is 1. The van der Waals surface area contributed by atoms with Gasteiger partial charge in [-0.1, -0.05) is 19.1 Å². The second-order valence-electron chi connectivity index (χ2n) is 3.22. The molecule has 0 N–H and O–H groups in total. The van der Waals surface area contributed by atoms with E-state index in [4.69, 9.17) is 4.74 Å². The van der Waals surface area contributed by atoms with Crippen molar-refractivity contribution in [3.8, 4) is 0 Å². The van der Waals surface area contributed by atoms with Crippen molar-refractivity contribution in [3.05, 3.63) is 46.4 Å². The molecule has 2 heteroatoms. The average Bonchev–Trinajstić information content (AvgIpc) is 2.84. The third-order valence-corrected chi connectivity index (χ3v) is 3.15. The van der Waals surface area contributed by atoms with Gasteiger partial charge in [0, 0.05) is 4.88 Å². The number of allylic oxidation sites excluding steroid dienone is 3. The maximum absolute atomic E-state index is 4.97. The molecular formula is C13H18OS. The smallest absolute Gasteiger partial charge is 0.114 e. The van der Waals surface area contributed by atoms with E-state index in [0.717, 1.165) is 18.6 Å². The Balaban J connectivity index is 0.000000151. The standard InChI is InChI=1S/C7H10O.C6H8S/c1-8-7-5-3-2-4-6-7;1-2-6-4-3-5-7-6/h3,5-6H,2,4H2,1H3;3-5H,2H2,1H3. The van der Waals surface area contributed by atoms with E-state index in [-0.39, 0.29) is 0 Å². The number of ether oxygens (including phenoxy) is 1. The van der Waals surface area contributed by atoms with Gasteiger partial charge in [-0.25, -0.2) is 0 Å². The van der Waals surface area contributed by atoms with E-state index in [9.17, 15) is 0 Å². The van der Waals surface area contributed by atoms with Crippen molar-refractivity contribution >= 4 is 11.3 Å². The van der Waals surface area contributed by atoms with Crippen molar-refractivity contribution in [2.75, 3.05) is 7.11 Å². The first-order valence-corrected chi connectivity index (χ1v) is 6.18. The first-order chi connectivity index (χ1) is 7.36. The van der Waals surface area contributed by atoms with Crippen molar-refractivity contribution in [2.45, 2.75) is 26.2 Å². The molecule has 1 aromatic rings. The van der Waals surface area contributed by atoms with Gasteiger partial charge in [-0.3, -0.25) is 0 Å². The second-order valence-corrected chi connectivity index (χ2v) is 4.26. The first-order valence-electron chi connectivity index (χ1n) is 5.30. The molecule has 0 spiro atoms. The topological polar surface area (TPSA) is 9.23 Å². The SMILES string of the molecule is CCc1cccs1.COC1=CCCC=C1. The summed E-state index contributed by atoms with van der Waals surface area (Å²) in [4.78, 5) is 1.47. The Morgan fingerprint density at radius 1 is 1.40 bits per heavy atom. The normalized spacial score (nSPS) is 13.9. The van der Waals surface area contributed by atoms with Crippen LogP contribution in [0.15, 0.2) is 41.5 Å². The third kappa shape index (κ3) is 4.84. The van der Waals surface area contributed by atoms with Gasteiger partial charge in [0.05, 0.1) is 7.11 Å². The lowest BCUT2D eigenvalue weighted by Gasteiger charge is -2.02. The molecule has 1 aromatic heterocycles. The molecular weight excluding hydrogens is 204 g/mol. The van der Waals surface area contributed by atoms with E-state index in [2.05, 4.69) is 36.6 Å². The molecule has 15 heavy (non-hydrogen) atoms. The van der Waals surface area contributed by atoms with Crippen LogP contribution >= 0.6 is 11.3 Å². The Labute approximate surface area is 96.1 Å². The Hall–Kier alpha value is -1.02. The molecule has 0 radical (unpaired) electrons. The number of hydrogen-bond acceptors (Lipinski definition) is 2. The zero-order chi connectivity index (χ0) is 10.9. The lowest BCUT2D eigenvalue weighted by molar-refractivity contribution is 0.303. The Bertz CT molecular complexity index is 309. The fraction of sp³-hybridized carbons (Fsp3) is 0.385. The van der Waals surface area contributed by atoms with Crippen LogP contribution in [0.2, 0.25) is 0 Å². The molecule has 1 nitrogen and oxygen atoms in total. The highest BCUT2D eigenvalue weighted by Gasteiger charge is 1.92. The van der Waals surface area contributed by atoms with Crippen molar-refractivity contribution in [1.82, 2.24) is 0 Å². The molecule has 1 aliphatic carbocycles. The van der Waals surface area contributed by atoms with E-state index in [0.29, 0.717) is 0 Å². The first kappa shape index (κ1) is 12.1. The quantitative estimate of drug-likeness (QED) is 0.729. The largest absolute Gasteiger partial charge is 0.497 e. The Morgan fingerprint density at radius 2 is 2.27 bits per heavy atom. The van der Waals surface area contributed by atoms with Crippen LogP contribution in [0.1, 0.15) is 24.6 Å². The maximum atomic E-state index is 4.97. The molecule has 0 bridgehead atoms. The average molecular weight is 222 g/mol. The molecule has 0 unspecified atom stereocenters. The van der Waals surface area contributed by atoms with Crippen LogP contribution in [-0.2, 0) is 11.2 Å². The second kappa shape index (κ2) is 7.30. The fourth-order valence-corrected chi connectivity index (χ4v) is 1.91. The van der Waals surface area contributed by atoms with E-state index in [1.807, 2.05) is 17.4 Å². The predicted molar refractivity (Wildman–Crippen MR) is 67.2 cm³/mol. The molecule has 0 saturated carbocycles. The van der Waals surface area contributed by atoms with Crippen molar-refractivity contribution < 1.29 is 4.74 Å². The minimum absolute atomic E-state index is 0.997. The van der Waals surface area contributed by atoms with Crippen molar-refractivity contribution in [1.29, 1.82) is 0 Å². The summed E-state index contributed by atoms with van der Waals surface area (Å²) in [5.74, 6) is 0.997. The van der Waals surface area contributed by atoms with Crippen molar-refractivity contribution in [3.63, 3.8) is 0 Å². The van der Waals surface area contributed by atoms with Crippen LogP contribution in [0.4, 0.5) is 0 Å². The zero-order valence-electron chi connectivity index (χ0n) is 9.40. The summed E-state index contributed by atoms with van der Waals surface area (Å²) in [7, 11) is 1.70. The number of hydrogen-bond donors (Lipinski definition) is 0. The highest BCUT2D eigenvalue weighted by Crippen LogP contribution is 2.08. The molecule has 0 atom stereocenters. The molecule has 0 aromatic carbocycles. The number of thiophene rings is 1. The van der Waals surface area contributed by atoms with Gasteiger partial charge in [0.25, 0.3) is 0 Å². The Kier molecular flexibility index (Phi) is 5.86. The minimum Gasteiger partial charge on any atom is -0.497 e. The zero-order valence-corrected chi connectivity index (χ0v) is 10.2. The summed E-state index contributed by atoms with van der Waals surface area (Å²) in [6.07, 6.45) is 9.69. The van der Waals surface area contributed by atoms with Crippen LogP contribution in [0.5, 0.6) is 0 Å². The molecule has 0 saturated heterocycles. The maximum Gasteiger partial charge on any atom is 0.114 e. The van der Waals surface area contributed by atoms with E-state index >= 15 is 0 Å². The van der Waals surface area contributed by atoms with Gasteiger partial charge in [0.1, 0.15) is 5.76 Å². The summed E-state index contributed by atoms with van der Waals surface area (Å²) in [6, 6.07) is 4.24. The van der Waals surface area contributed by atoms with Gasteiger partial charge >= 0.3 is 0 Å². The number of rotatable bonds is 2. The predicted octanol–water partition coefficient (Wildman–Crippen LogP) is 4.18. The summed E-state index contributed by atoms with van der Waals surface area (Å²) in [5.41, 5.74) is 0. The van der Waals surface area contributed by atoms with Gasteiger partial charge < -0.3 is 4.74 Å². The molecule has 1 heterocycles. The highest BCUT2D eigenvalue weighted by atomic mass is 32.1. The van der Waals surface area contributed by atoms with Gasteiger partial charge in [-0.05, 0) is 42.9 Å². The molecule has 0 fully saturated rings. The molecule has 0 amide bonds. The van der Waals surface area contributed by atoms with E-state index in [1.54, 1.807) is 7.11 Å².